The molecule has 0 aromatic carbocycles. The van der Waals surface area contributed by atoms with Gasteiger partial charge in [0, 0.05) is 12.6 Å². The Balaban J connectivity index is 2.36. The third-order valence-corrected chi connectivity index (χ3v) is 6.89. The number of nitrogens with zero attached hydrogens (tertiary/aromatic N) is 2. The van der Waals surface area contributed by atoms with Gasteiger partial charge < -0.3 is 4.74 Å². The van der Waals surface area contributed by atoms with Gasteiger partial charge in [-0.15, -0.1) is 11.3 Å². The van der Waals surface area contributed by atoms with Gasteiger partial charge in [-0.3, -0.25) is 0 Å². The molecule has 0 N–H and O–H groups in total. The van der Waals surface area contributed by atoms with Crippen molar-refractivity contribution in [3.8, 4) is 0 Å². The van der Waals surface area contributed by atoms with Crippen LogP contribution in [0.15, 0.2) is 9.72 Å². The second kappa shape index (κ2) is 5.79. The van der Waals surface area contributed by atoms with Crippen molar-refractivity contribution in [2.45, 2.75) is 36.9 Å². The fraction of sp³-hybridized carbons (Fsp3) is 0.667. The van der Waals surface area contributed by atoms with Crippen LogP contribution in [0.5, 0.6) is 0 Å². The average molecular weight is 318 g/mol. The Hall–Kier alpha value is -0.990. The number of aromatic nitrogens is 1. The highest BCUT2D eigenvalue weighted by atomic mass is 32.2. The number of hydrogen-bond donors (Lipinski definition) is 0. The lowest BCUT2D eigenvalue weighted by Gasteiger charge is -2.35. The smallest absolute Gasteiger partial charge is 0.358 e. The summed E-state index contributed by atoms with van der Waals surface area (Å²) in [5.41, 5.74) is 1.24. The molecule has 1 aromatic rings. The number of hydrogen-bond acceptors (Lipinski definition) is 6. The largest absolute Gasteiger partial charge is 0.464 e. The highest BCUT2D eigenvalue weighted by Crippen LogP contribution is 2.31. The minimum absolute atomic E-state index is 0.0225. The molecule has 0 radical (unpaired) electrons. The summed E-state index contributed by atoms with van der Waals surface area (Å²) in [6.45, 7) is 4.49. The van der Waals surface area contributed by atoms with E-state index in [1.54, 1.807) is 0 Å². The molecule has 2 unspecified atom stereocenters. The van der Waals surface area contributed by atoms with Gasteiger partial charge in [0.2, 0.25) is 0 Å². The van der Waals surface area contributed by atoms with Crippen molar-refractivity contribution in [1.82, 2.24) is 9.29 Å². The van der Waals surface area contributed by atoms with Crippen LogP contribution in [0.1, 0.15) is 37.2 Å². The molecule has 8 heteroatoms. The summed E-state index contributed by atoms with van der Waals surface area (Å²) in [4.78, 5) is 15.4. The van der Waals surface area contributed by atoms with Crippen molar-refractivity contribution < 1.29 is 17.9 Å². The minimum Gasteiger partial charge on any atom is -0.464 e. The fourth-order valence-corrected chi connectivity index (χ4v) is 5.40. The molecule has 0 bridgehead atoms. The molecule has 112 valence electrons. The Morgan fingerprint density at radius 3 is 2.80 bits per heavy atom. The van der Waals surface area contributed by atoms with Crippen LogP contribution >= 0.6 is 11.3 Å². The Morgan fingerprint density at radius 1 is 1.50 bits per heavy atom. The van der Waals surface area contributed by atoms with Crippen LogP contribution in [-0.2, 0) is 14.8 Å². The average Bonchev–Trinajstić information content (AvgIpc) is 2.87. The molecule has 0 spiro atoms. The van der Waals surface area contributed by atoms with Crippen LogP contribution in [0.4, 0.5) is 0 Å². The van der Waals surface area contributed by atoms with Crippen LogP contribution in [0, 0.1) is 5.92 Å². The quantitative estimate of drug-likeness (QED) is 0.793. The molecule has 2 heterocycles. The van der Waals surface area contributed by atoms with Gasteiger partial charge in [-0.25, -0.2) is 18.2 Å². The van der Waals surface area contributed by atoms with Gasteiger partial charge in [-0.2, -0.15) is 4.31 Å². The van der Waals surface area contributed by atoms with Gasteiger partial charge in [0.05, 0.1) is 12.6 Å². The molecule has 1 aromatic heterocycles. The second-order valence-corrected chi connectivity index (χ2v) is 8.01. The summed E-state index contributed by atoms with van der Waals surface area (Å²) in [5.74, 6) is -0.208. The summed E-state index contributed by atoms with van der Waals surface area (Å²) in [6.07, 6.45) is 1.65. The van der Waals surface area contributed by atoms with Crippen LogP contribution in [-0.4, -0.2) is 43.4 Å². The predicted molar refractivity (Wildman–Crippen MR) is 75.2 cm³/mol. The summed E-state index contributed by atoms with van der Waals surface area (Å²) in [7, 11) is -2.48. The van der Waals surface area contributed by atoms with E-state index in [2.05, 4.69) is 16.6 Å². The summed E-state index contributed by atoms with van der Waals surface area (Å²) < 4.78 is 31.4. The van der Waals surface area contributed by atoms with Gasteiger partial charge in [-0.05, 0) is 25.7 Å². The van der Waals surface area contributed by atoms with Gasteiger partial charge >= 0.3 is 5.97 Å². The molecule has 6 nitrogen and oxygen atoms in total. The molecule has 2 rings (SSSR count). The van der Waals surface area contributed by atoms with E-state index < -0.39 is 16.0 Å². The van der Waals surface area contributed by atoms with E-state index in [0.29, 0.717) is 12.5 Å². The van der Waals surface area contributed by atoms with Gasteiger partial charge in [0.1, 0.15) is 0 Å². The van der Waals surface area contributed by atoms with E-state index in [9.17, 15) is 13.2 Å². The third kappa shape index (κ3) is 2.72. The zero-order valence-electron chi connectivity index (χ0n) is 11.7. The number of rotatable bonds is 3. The van der Waals surface area contributed by atoms with Crippen LogP contribution in [0.3, 0.4) is 0 Å². The van der Waals surface area contributed by atoms with E-state index in [0.717, 1.165) is 24.2 Å². The molecule has 1 aliphatic heterocycles. The molecule has 0 saturated carbocycles. The predicted octanol–water partition coefficient (Wildman–Crippen LogP) is 1.74. The van der Waals surface area contributed by atoms with E-state index >= 15 is 0 Å². The van der Waals surface area contributed by atoms with E-state index in [1.165, 1.54) is 16.9 Å². The Labute approximate surface area is 122 Å². The fourth-order valence-electron chi connectivity index (χ4n) is 2.50. The highest BCUT2D eigenvalue weighted by Gasteiger charge is 2.37. The molecule has 20 heavy (non-hydrogen) atoms. The number of thiazole rings is 1. The monoisotopic (exact) mass is 318 g/mol. The summed E-state index contributed by atoms with van der Waals surface area (Å²) in [6, 6.07) is -0.0728. The SMILES string of the molecule is COC(=O)c1ncsc1S(=O)(=O)N1CCC(C)CC1C. The molecule has 1 aliphatic rings. The van der Waals surface area contributed by atoms with E-state index in [1.807, 2.05) is 6.92 Å². The normalized spacial score (nSPS) is 24.6. The Kier molecular flexibility index (Phi) is 4.46. The van der Waals surface area contributed by atoms with Crippen molar-refractivity contribution in [3.63, 3.8) is 0 Å². The molecule has 0 amide bonds. The first kappa shape index (κ1) is 15.4. The van der Waals surface area contributed by atoms with Crippen LogP contribution < -0.4 is 0 Å². The molecular formula is C12H18N2O4S2. The molecule has 1 saturated heterocycles. The standard InChI is InChI=1S/C12H18N2O4S2/c1-8-4-5-14(9(2)6-8)20(16,17)12-10(11(15)18-3)13-7-19-12/h7-9H,4-6H2,1-3H3. The first-order valence-electron chi connectivity index (χ1n) is 6.41. The van der Waals surface area contributed by atoms with Gasteiger partial charge in [-0.1, -0.05) is 6.92 Å². The van der Waals surface area contributed by atoms with Crippen molar-refractivity contribution in [2.24, 2.45) is 5.92 Å². The van der Waals surface area contributed by atoms with Gasteiger partial charge in [0.25, 0.3) is 10.0 Å². The molecule has 0 aliphatic carbocycles. The zero-order chi connectivity index (χ0) is 14.9. The number of methoxy groups -OCH3 is 1. The number of carbonyl (C=O) groups excluding carboxylic acids is 1. The summed E-state index contributed by atoms with van der Waals surface area (Å²) in [5, 5.41) is 0. The van der Waals surface area contributed by atoms with Crippen LogP contribution in [0.25, 0.3) is 0 Å². The second-order valence-electron chi connectivity index (χ2n) is 5.07. The Bertz CT molecular complexity index is 596. The number of esters is 1. The maximum Gasteiger partial charge on any atom is 0.358 e. The lowest BCUT2D eigenvalue weighted by atomic mass is 9.95. The Morgan fingerprint density at radius 2 is 2.20 bits per heavy atom. The minimum atomic E-state index is -3.69. The number of ether oxygens (including phenoxy) is 1. The first-order chi connectivity index (χ1) is 9.37. The van der Waals surface area contributed by atoms with Crippen molar-refractivity contribution in [1.29, 1.82) is 0 Å². The van der Waals surface area contributed by atoms with Crippen molar-refractivity contribution in [2.75, 3.05) is 13.7 Å². The summed E-state index contributed by atoms with van der Waals surface area (Å²) >= 11 is 0.955. The van der Waals surface area contributed by atoms with Crippen LogP contribution in [0.2, 0.25) is 0 Å². The number of sulfonamides is 1. The van der Waals surface area contributed by atoms with Crippen molar-refractivity contribution in [3.05, 3.63) is 11.2 Å². The highest BCUT2D eigenvalue weighted by molar-refractivity contribution is 7.91. The molecule has 1 fully saturated rings. The molecular weight excluding hydrogens is 300 g/mol. The molecule has 2 atom stereocenters. The third-order valence-electron chi connectivity index (χ3n) is 3.53. The van der Waals surface area contributed by atoms with E-state index in [4.69, 9.17) is 0 Å². The first-order valence-corrected chi connectivity index (χ1v) is 8.73. The number of carbonyl (C=O) groups is 1. The topological polar surface area (TPSA) is 76.6 Å². The lowest BCUT2D eigenvalue weighted by Crippen LogP contribution is -2.44. The van der Waals surface area contributed by atoms with Gasteiger partial charge in [0.15, 0.2) is 9.90 Å². The lowest BCUT2D eigenvalue weighted by molar-refractivity contribution is 0.0590. The maximum atomic E-state index is 12.7. The maximum absolute atomic E-state index is 12.7. The zero-order valence-corrected chi connectivity index (χ0v) is 13.3. The van der Waals surface area contributed by atoms with E-state index in [-0.39, 0.29) is 15.9 Å². The van der Waals surface area contributed by atoms with Crippen molar-refractivity contribution >= 4 is 27.3 Å². The number of piperidine rings is 1.